The molecule has 0 unspecified atom stereocenters. The SMILES string of the molecule is CC(C)c1cc2ccnc3c2c(n1)C(C)(C)c1cc2ccccc2cc1-3. The molecule has 1 aliphatic rings. The molecule has 4 aromatic rings. The summed E-state index contributed by atoms with van der Waals surface area (Å²) in [6.07, 6.45) is 1.93. The van der Waals surface area contributed by atoms with Crippen LogP contribution >= 0.6 is 0 Å². The predicted molar refractivity (Wildman–Crippen MR) is 109 cm³/mol. The summed E-state index contributed by atoms with van der Waals surface area (Å²) in [7, 11) is 0. The molecule has 0 atom stereocenters. The quantitative estimate of drug-likeness (QED) is 0.412. The summed E-state index contributed by atoms with van der Waals surface area (Å²) >= 11 is 0. The molecule has 0 aliphatic heterocycles. The van der Waals surface area contributed by atoms with Crippen molar-refractivity contribution >= 4 is 21.5 Å². The summed E-state index contributed by atoms with van der Waals surface area (Å²) in [4.78, 5) is 9.91. The first-order chi connectivity index (χ1) is 12.5. The van der Waals surface area contributed by atoms with Crippen LogP contribution in [-0.2, 0) is 5.41 Å². The van der Waals surface area contributed by atoms with Gasteiger partial charge < -0.3 is 0 Å². The van der Waals surface area contributed by atoms with Gasteiger partial charge in [0.05, 0.1) is 11.4 Å². The van der Waals surface area contributed by atoms with Crippen LogP contribution < -0.4 is 0 Å². The molecular weight excluding hydrogens is 316 g/mol. The van der Waals surface area contributed by atoms with E-state index in [1.54, 1.807) is 0 Å². The van der Waals surface area contributed by atoms with E-state index in [-0.39, 0.29) is 5.41 Å². The first-order valence-corrected chi connectivity index (χ1v) is 9.30. The fourth-order valence-electron chi connectivity index (χ4n) is 4.26. The fraction of sp³-hybridized carbons (Fsp3) is 0.250. The van der Waals surface area contributed by atoms with Gasteiger partial charge in [-0.1, -0.05) is 52.0 Å². The average Bonchev–Trinajstić information content (AvgIpc) is 2.64. The summed E-state index contributed by atoms with van der Waals surface area (Å²) in [6.45, 7) is 9.01. The molecule has 0 N–H and O–H groups in total. The fourth-order valence-corrected chi connectivity index (χ4v) is 4.26. The number of aromatic nitrogens is 2. The Balaban J connectivity index is 1.97. The van der Waals surface area contributed by atoms with Gasteiger partial charge >= 0.3 is 0 Å². The highest BCUT2D eigenvalue weighted by Crippen LogP contribution is 2.48. The zero-order valence-electron chi connectivity index (χ0n) is 15.7. The lowest BCUT2D eigenvalue weighted by atomic mass is 9.71. The normalized spacial score (nSPS) is 14.8. The molecule has 2 heteroatoms. The van der Waals surface area contributed by atoms with Gasteiger partial charge in [0.15, 0.2) is 0 Å². The van der Waals surface area contributed by atoms with E-state index in [0.29, 0.717) is 5.92 Å². The van der Waals surface area contributed by atoms with Crippen LogP contribution in [0, 0.1) is 0 Å². The number of hydrogen-bond donors (Lipinski definition) is 0. The van der Waals surface area contributed by atoms with Gasteiger partial charge in [-0.2, -0.15) is 0 Å². The van der Waals surface area contributed by atoms with E-state index in [9.17, 15) is 0 Å². The maximum absolute atomic E-state index is 5.12. The van der Waals surface area contributed by atoms with E-state index in [2.05, 4.69) is 76.2 Å². The van der Waals surface area contributed by atoms with Crippen molar-refractivity contribution in [2.24, 2.45) is 0 Å². The van der Waals surface area contributed by atoms with E-state index in [1.165, 1.54) is 32.7 Å². The minimum Gasteiger partial charge on any atom is -0.256 e. The van der Waals surface area contributed by atoms with Crippen LogP contribution in [0.2, 0.25) is 0 Å². The topological polar surface area (TPSA) is 25.8 Å². The van der Waals surface area contributed by atoms with Gasteiger partial charge in [-0.25, -0.2) is 0 Å². The van der Waals surface area contributed by atoms with E-state index in [1.807, 2.05) is 6.20 Å². The number of hydrogen-bond acceptors (Lipinski definition) is 2. The Hall–Kier alpha value is -2.74. The molecule has 0 spiro atoms. The third-order valence-electron chi connectivity index (χ3n) is 5.76. The lowest BCUT2D eigenvalue weighted by molar-refractivity contribution is 0.614. The van der Waals surface area contributed by atoms with E-state index in [0.717, 1.165) is 17.1 Å². The van der Waals surface area contributed by atoms with Gasteiger partial charge in [-0.3, -0.25) is 9.97 Å². The molecule has 0 bridgehead atoms. The Morgan fingerprint density at radius 1 is 0.885 bits per heavy atom. The maximum atomic E-state index is 5.12. The smallest absolute Gasteiger partial charge is 0.0802 e. The highest BCUT2D eigenvalue weighted by atomic mass is 14.8. The lowest BCUT2D eigenvalue weighted by Crippen LogP contribution is -2.26. The molecule has 0 fully saturated rings. The summed E-state index contributed by atoms with van der Waals surface area (Å²) < 4.78 is 0. The average molecular weight is 338 g/mol. The molecule has 1 aliphatic carbocycles. The second-order valence-electron chi connectivity index (χ2n) is 8.18. The highest BCUT2D eigenvalue weighted by Gasteiger charge is 2.36. The summed E-state index contributed by atoms with van der Waals surface area (Å²) in [5.74, 6) is 0.404. The van der Waals surface area contributed by atoms with E-state index >= 15 is 0 Å². The van der Waals surface area contributed by atoms with Crippen LogP contribution in [0.25, 0.3) is 32.8 Å². The Bertz CT molecular complexity index is 1190. The van der Waals surface area contributed by atoms with Crippen molar-refractivity contribution in [2.45, 2.75) is 39.0 Å². The summed E-state index contributed by atoms with van der Waals surface area (Å²) in [5.41, 5.74) is 5.79. The third-order valence-corrected chi connectivity index (χ3v) is 5.76. The molecule has 0 amide bonds. The Morgan fingerprint density at radius 2 is 1.62 bits per heavy atom. The first-order valence-electron chi connectivity index (χ1n) is 9.30. The van der Waals surface area contributed by atoms with Crippen molar-refractivity contribution in [3.05, 3.63) is 71.7 Å². The summed E-state index contributed by atoms with van der Waals surface area (Å²) in [5, 5.41) is 4.99. The molecule has 0 saturated carbocycles. The Kier molecular flexibility index (Phi) is 3.06. The van der Waals surface area contributed by atoms with Crippen molar-refractivity contribution < 1.29 is 0 Å². The molecule has 26 heavy (non-hydrogen) atoms. The van der Waals surface area contributed by atoms with Crippen molar-refractivity contribution in [3.63, 3.8) is 0 Å². The molecule has 2 aromatic heterocycles. The number of fused-ring (bicyclic) bond motifs is 3. The largest absolute Gasteiger partial charge is 0.256 e. The Labute approximate surface area is 153 Å². The highest BCUT2D eigenvalue weighted by molar-refractivity contribution is 6.03. The molecule has 2 nitrogen and oxygen atoms in total. The van der Waals surface area contributed by atoms with Crippen LogP contribution in [0.15, 0.2) is 54.7 Å². The Morgan fingerprint density at radius 3 is 2.35 bits per heavy atom. The monoisotopic (exact) mass is 338 g/mol. The van der Waals surface area contributed by atoms with Crippen molar-refractivity contribution in [1.29, 1.82) is 0 Å². The van der Waals surface area contributed by atoms with Crippen LogP contribution in [0.1, 0.15) is 50.6 Å². The lowest BCUT2D eigenvalue weighted by Gasteiger charge is -2.34. The molecule has 5 rings (SSSR count). The van der Waals surface area contributed by atoms with E-state index in [4.69, 9.17) is 9.97 Å². The predicted octanol–water partition coefficient (Wildman–Crippen LogP) is 6.21. The van der Waals surface area contributed by atoms with Gasteiger partial charge in [0, 0.05) is 28.3 Å². The van der Waals surface area contributed by atoms with Crippen molar-refractivity contribution in [1.82, 2.24) is 9.97 Å². The standard InChI is InChI=1S/C24H22N2/c1-14(2)20-13-17-9-10-25-22-18-11-15-7-5-6-8-16(15)12-19(18)24(3,4)23(26-20)21(17)22/h5-14H,1-4H3. The maximum Gasteiger partial charge on any atom is 0.0802 e. The number of rotatable bonds is 1. The molecular formula is C24H22N2. The van der Waals surface area contributed by atoms with Gasteiger partial charge in [0.2, 0.25) is 0 Å². The first kappa shape index (κ1) is 15.5. The van der Waals surface area contributed by atoms with Gasteiger partial charge in [0.25, 0.3) is 0 Å². The summed E-state index contributed by atoms with van der Waals surface area (Å²) in [6, 6.07) is 17.6. The minimum absolute atomic E-state index is 0.154. The van der Waals surface area contributed by atoms with Gasteiger partial charge in [-0.15, -0.1) is 0 Å². The molecule has 0 radical (unpaired) electrons. The third kappa shape index (κ3) is 1.99. The number of benzene rings is 2. The van der Waals surface area contributed by atoms with Gasteiger partial charge in [-0.05, 0) is 51.9 Å². The number of pyridine rings is 2. The minimum atomic E-state index is -0.154. The number of nitrogens with zero attached hydrogens (tertiary/aromatic N) is 2. The van der Waals surface area contributed by atoms with Crippen molar-refractivity contribution in [2.75, 3.05) is 0 Å². The molecule has 2 heterocycles. The van der Waals surface area contributed by atoms with E-state index < -0.39 is 0 Å². The van der Waals surface area contributed by atoms with Gasteiger partial charge in [0.1, 0.15) is 0 Å². The van der Waals surface area contributed by atoms with Crippen LogP contribution in [0.5, 0.6) is 0 Å². The van der Waals surface area contributed by atoms with Crippen LogP contribution in [-0.4, -0.2) is 9.97 Å². The van der Waals surface area contributed by atoms with Crippen LogP contribution in [0.4, 0.5) is 0 Å². The van der Waals surface area contributed by atoms with Crippen molar-refractivity contribution in [3.8, 4) is 11.3 Å². The molecule has 2 aromatic carbocycles. The zero-order chi connectivity index (χ0) is 18.1. The van der Waals surface area contributed by atoms with Crippen LogP contribution in [0.3, 0.4) is 0 Å². The molecule has 128 valence electrons. The second-order valence-corrected chi connectivity index (χ2v) is 8.18. The second kappa shape index (κ2) is 5.14. The zero-order valence-corrected chi connectivity index (χ0v) is 15.7. The molecule has 0 saturated heterocycles.